The second-order valence-electron chi connectivity index (χ2n) is 6.46. The van der Waals surface area contributed by atoms with Crippen LogP contribution in [0, 0.1) is 0 Å². The smallest absolute Gasteiger partial charge is 0.416 e. The van der Waals surface area contributed by atoms with Crippen molar-refractivity contribution >= 4 is 5.97 Å². The first kappa shape index (κ1) is 20.5. The van der Waals surface area contributed by atoms with Crippen LogP contribution >= 0.6 is 0 Å². The second kappa shape index (κ2) is 8.82. The van der Waals surface area contributed by atoms with Gasteiger partial charge in [0.05, 0.1) is 19.1 Å². The van der Waals surface area contributed by atoms with E-state index in [1.54, 1.807) is 24.3 Å². The quantitative estimate of drug-likeness (QED) is 0.501. The van der Waals surface area contributed by atoms with Gasteiger partial charge in [0, 0.05) is 0 Å². The Morgan fingerprint density at radius 3 is 2.17 bits per heavy atom. The average molecular weight is 400 g/mol. The summed E-state index contributed by atoms with van der Waals surface area (Å²) in [6, 6.07) is 19.7. The van der Waals surface area contributed by atoms with Crippen LogP contribution in [-0.2, 0) is 28.7 Å². The molecule has 29 heavy (non-hydrogen) atoms. The van der Waals surface area contributed by atoms with Gasteiger partial charge in [-0.25, -0.2) is 0 Å². The number of rotatable bonds is 6. The maximum absolute atomic E-state index is 12.7. The van der Waals surface area contributed by atoms with E-state index in [-0.39, 0.29) is 12.4 Å². The zero-order valence-electron chi connectivity index (χ0n) is 15.7. The monoisotopic (exact) mass is 400 g/mol. The summed E-state index contributed by atoms with van der Waals surface area (Å²) >= 11 is 0. The Morgan fingerprint density at radius 2 is 1.55 bits per heavy atom. The van der Waals surface area contributed by atoms with Gasteiger partial charge in [-0.2, -0.15) is 13.2 Å². The van der Waals surface area contributed by atoms with Gasteiger partial charge in [0.1, 0.15) is 12.4 Å². The molecule has 0 aliphatic rings. The highest BCUT2D eigenvalue weighted by atomic mass is 19.4. The van der Waals surface area contributed by atoms with E-state index in [0.717, 1.165) is 28.8 Å². The minimum atomic E-state index is -4.35. The fraction of sp³-hybridized carbons (Fsp3) is 0.174. The van der Waals surface area contributed by atoms with Gasteiger partial charge >= 0.3 is 12.1 Å². The van der Waals surface area contributed by atoms with Crippen LogP contribution in [0.1, 0.15) is 16.7 Å². The molecule has 0 saturated heterocycles. The predicted octanol–water partition coefficient (Wildman–Crippen LogP) is 5.67. The van der Waals surface area contributed by atoms with Crippen LogP contribution in [0.15, 0.2) is 72.8 Å². The van der Waals surface area contributed by atoms with E-state index in [0.29, 0.717) is 17.9 Å². The van der Waals surface area contributed by atoms with Gasteiger partial charge in [0.15, 0.2) is 0 Å². The highest BCUT2D eigenvalue weighted by Crippen LogP contribution is 2.31. The van der Waals surface area contributed by atoms with Gasteiger partial charge in [-0.15, -0.1) is 0 Å². The fourth-order valence-electron chi connectivity index (χ4n) is 2.80. The molecular formula is C23H19F3O3. The SMILES string of the molecule is COC(=O)Cc1ccc(OCc2cccc(-c3ccc(C(F)(F)F)cc3)c2)cc1. The minimum absolute atomic E-state index is 0.200. The van der Waals surface area contributed by atoms with Gasteiger partial charge in [-0.1, -0.05) is 42.5 Å². The third kappa shape index (κ3) is 5.60. The van der Waals surface area contributed by atoms with Crippen LogP contribution in [0.25, 0.3) is 11.1 Å². The van der Waals surface area contributed by atoms with Crippen LogP contribution in [0.3, 0.4) is 0 Å². The van der Waals surface area contributed by atoms with Crippen LogP contribution < -0.4 is 4.74 Å². The Labute approximate surface area is 166 Å². The van der Waals surface area contributed by atoms with Crippen molar-refractivity contribution < 1.29 is 27.4 Å². The molecule has 0 aliphatic carbocycles. The van der Waals surface area contributed by atoms with Crippen molar-refractivity contribution in [1.29, 1.82) is 0 Å². The molecule has 0 unspecified atom stereocenters. The molecule has 150 valence electrons. The van der Waals surface area contributed by atoms with Gasteiger partial charge in [-0.3, -0.25) is 4.79 Å². The number of halogens is 3. The molecule has 0 heterocycles. The Kier molecular flexibility index (Phi) is 6.22. The topological polar surface area (TPSA) is 35.5 Å². The average Bonchev–Trinajstić information content (AvgIpc) is 2.73. The summed E-state index contributed by atoms with van der Waals surface area (Å²) in [6.07, 6.45) is -4.15. The summed E-state index contributed by atoms with van der Waals surface area (Å²) in [4.78, 5) is 11.3. The number of methoxy groups -OCH3 is 1. The molecule has 0 bridgehead atoms. The van der Waals surface area contributed by atoms with E-state index in [1.165, 1.54) is 19.2 Å². The minimum Gasteiger partial charge on any atom is -0.489 e. The molecule has 3 aromatic carbocycles. The summed E-state index contributed by atoms with van der Waals surface area (Å²) in [5.41, 5.74) is 2.56. The lowest BCUT2D eigenvalue weighted by Crippen LogP contribution is -2.04. The molecule has 0 aliphatic heterocycles. The Balaban J connectivity index is 1.65. The molecule has 3 rings (SSSR count). The first-order chi connectivity index (χ1) is 13.8. The van der Waals surface area contributed by atoms with Crippen molar-refractivity contribution in [2.45, 2.75) is 19.2 Å². The number of hydrogen-bond acceptors (Lipinski definition) is 3. The maximum atomic E-state index is 12.7. The van der Waals surface area contributed by atoms with Crippen LogP contribution in [0.4, 0.5) is 13.2 Å². The van der Waals surface area contributed by atoms with Crippen LogP contribution in [0.2, 0.25) is 0 Å². The molecule has 0 atom stereocenters. The molecule has 6 heteroatoms. The first-order valence-corrected chi connectivity index (χ1v) is 8.90. The fourth-order valence-corrected chi connectivity index (χ4v) is 2.80. The maximum Gasteiger partial charge on any atom is 0.416 e. The summed E-state index contributed by atoms with van der Waals surface area (Å²) < 4.78 is 48.5. The molecule has 0 fully saturated rings. The van der Waals surface area contributed by atoms with E-state index in [2.05, 4.69) is 4.74 Å². The number of benzene rings is 3. The highest BCUT2D eigenvalue weighted by molar-refractivity contribution is 5.72. The Bertz CT molecular complexity index is 962. The van der Waals surface area contributed by atoms with E-state index in [9.17, 15) is 18.0 Å². The number of alkyl halides is 3. The largest absolute Gasteiger partial charge is 0.489 e. The van der Waals surface area contributed by atoms with E-state index < -0.39 is 11.7 Å². The summed E-state index contributed by atoms with van der Waals surface area (Å²) in [6.45, 7) is 0.310. The van der Waals surface area contributed by atoms with Gasteiger partial charge in [0.25, 0.3) is 0 Å². The highest BCUT2D eigenvalue weighted by Gasteiger charge is 2.29. The van der Waals surface area contributed by atoms with Gasteiger partial charge in [-0.05, 0) is 52.6 Å². The Morgan fingerprint density at radius 1 is 0.862 bits per heavy atom. The van der Waals surface area contributed by atoms with Crippen LogP contribution in [0.5, 0.6) is 5.75 Å². The van der Waals surface area contributed by atoms with Crippen molar-refractivity contribution in [1.82, 2.24) is 0 Å². The van der Waals surface area contributed by atoms with E-state index >= 15 is 0 Å². The summed E-state index contributed by atoms with van der Waals surface area (Å²) in [5, 5.41) is 0. The summed E-state index contributed by atoms with van der Waals surface area (Å²) in [7, 11) is 1.35. The number of carbonyl (C=O) groups excluding carboxylic acids is 1. The zero-order valence-corrected chi connectivity index (χ0v) is 15.7. The number of ether oxygens (including phenoxy) is 2. The first-order valence-electron chi connectivity index (χ1n) is 8.90. The predicted molar refractivity (Wildman–Crippen MR) is 103 cm³/mol. The van der Waals surface area contributed by atoms with E-state index in [1.807, 2.05) is 24.3 Å². The second-order valence-corrected chi connectivity index (χ2v) is 6.46. The third-order valence-corrected chi connectivity index (χ3v) is 4.38. The normalized spacial score (nSPS) is 11.2. The lowest BCUT2D eigenvalue weighted by atomic mass is 10.0. The third-order valence-electron chi connectivity index (χ3n) is 4.38. The zero-order chi connectivity index (χ0) is 20.9. The number of hydrogen-bond donors (Lipinski definition) is 0. The molecule has 0 saturated carbocycles. The van der Waals surface area contributed by atoms with E-state index in [4.69, 9.17) is 4.74 Å². The molecule has 0 spiro atoms. The van der Waals surface area contributed by atoms with Crippen molar-refractivity contribution in [2.75, 3.05) is 7.11 Å². The molecular weight excluding hydrogens is 381 g/mol. The van der Waals surface area contributed by atoms with Crippen molar-refractivity contribution in [2.24, 2.45) is 0 Å². The standard InChI is InChI=1S/C23H19F3O3/c1-28-22(27)14-16-5-11-21(12-6-16)29-15-17-3-2-4-19(13-17)18-7-9-20(10-8-18)23(24,25)26/h2-13H,14-15H2,1H3. The Hall–Kier alpha value is -3.28. The lowest BCUT2D eigenvalue weighted by Gasteiger charge is -2.10. The van der Waals surface area contributed by atoms with Gasteiger partial charge < -0.3 is 9.47 Å². The van der Waals surface area contributed by atoms with Crippen LogP contribution in [-0.4, -0.2) is 13.1 Å². The van der Waals surface area contributed by atoms with Crippen molar-refractivity contribution in [3.8, 4) is 16.9 Å². The molecule has 0 radical (unpaired) electrons. The lowest BCUT2D eigenvalue weighted by molar-refractivity contribution is -0.140. The number of esters is 1. The summed E-state index contributed by atoms with van der Waals surface area (Å²) in [5.74, 6) is 0.345. The molecule has 3 nitrogen and oxygen atoms in total. The molecule has 0 aromatic heterocycles. The van der Waals surface area contributed by atoms with Crippen molar-refractivity contribution in [3.05, 3.63) is 89.5 Å². The van der Waals surface area contributed by atoms with Crippen molar-refractivity contribution in [3.63, 3.8) is 0 Å². The number of carbonyl (C=O) groups is 1. The molecule has 0 N–H and O–H groups in total. The van der Waals surface area contributed by atoms with Gasteiger partial charge in [0.2, 0.25) is 0 Å². The molecule has 3 aromatic rings. The molecule has 0 amide bonds.